The van der Waals surface area contributed by atoms with Gasteiger partial charge in [0, 0.05) is 11.6 Å². The van der Waals surface area contributed by atoms with Crippen molar-refractivity contribution in [3.05, 3.63) is 28.3 Å². The minimum absolute atomic E-state index is 0.00384. The quantitative estimate of drug-likeness (QED) is 0.427. The molecule has 1 saturated carbocycles. The molecule has 3 rings (SSSR count). The fraction of sp³-hybridized carbons (Fsp3) is 0.571. The van der Waals surface area contributed by atoms with Crippen LogP contribution in [0.15, 0.2) is 12.1 Å². The zero-order valence-electron chi connectivity index (χ0n) is 16.1. The smallest absolute Gasteiger partial charge is 0.313 e. The number of fused-ring (bicyclic) bond motifs is 1. The lowest BCUT2D eigenvalue weighted by molar-refractivity contribution is -0.141. The van der Waals surface area contributed by atoms with Crippen molar-refractivity contribution in [2.75, 3.05) is 6.54 Å². The molecule has 1 aromatic rings. The number of hydrogen-bond donors (Lipinski definition) is 0. The van der Waals surface area contributed by atoms with E-state index in [0.717, 1.165) is 36.8 Å². The summed E-state index contributed by atoms with van der Waals surface area (Å²) in [5, 5.41) is 0.634. The predicted molar refractivity (Wildman–Crippen MR) is 103 cm³/mol. The molecule has 2 aliphatic rings. The zero-order valence-corrected chi connectivity index (χ0v) is 16.8. The van der Waals surface area contributed by atoms with Gasteiger partial charge in [0.2, 0.25) is 11.8 Å². The molecule has 1 heterocycles. The lowest BCUT2D eigenvalue weighted by Crippen LogP contribution is -2.33. The van der Waals surface area contributed by atoms with Crippen LogP contribution in [0.1, 0.15) is 63.0 Å². The Hall–Kier alpha value is -1.88. The van der Waals surface area contributed by atoms with E-state index in [2.05, 4.69) is 0 Å². The number of imide groups is 1. The highest BCUT2D eigenvalue weighted by molar-refractivity contribution is 6.31. The Bertz CT molecular complexity index is 750. The Balaban J connectivity index is 1.64. The lowest BCUT2D eigenvalue weighted by atomic mass is 9.81. The average molecular weight is 392 g/mol. The Morgan fingerprint density at radius 2 is 1.78 bits per heavy atom. The minimum Gasteiger partial charge on any atom is -0.426 e. The molecule has 6 heteroatoms. The maximum atomic E-state index is 12.5. The number of carbonyl (C=O) groups excluding carboxylic acids is 3. The molecule has 146 valence electrons. The summed E-state index contributed by atoms with van der Waals surface area (Å²) in [4.78, 5) is 38.6. The van der Waals surface area contributed by atoms with Crippen molar-refractivity contribution in [3.63, 3.8) is 0 Å². The third kappa shape index (κ3) is 4.03. The molecule has 0 aromatic heterocycles. The number of ether oxygens (including phenoxy) is 1. The average Bonchev–Trinajstić information content (AvgIpc) is 2.87. The summed E-state index contributed by atoms with van der Waals surface area (Å²) in [5.41, 5.74) is 1.69. The van der Waals surface area contributed by atoms with Crippen molar-refractivity contribution in [1.29, 1.82) is 0 Å². The van der Waals surface area contributed by atoms with E-state index in [0.29, 0.717) is 10.8 Å². The van der Waals surface area contributed by atoms with Gasteiger partial charge < -0.3 is 4.74 Å². The van der Waals surface area contributed by atoms with Gasteiger partial charge in [-0.2, -0.15) is 0 Å². The van der Waals surface area contributed by atoms with Crippen molar-refractivity contribution in [3.8, 4) is 5.75 Å². The summed E-state index contributed by atoms with van der Waals surface area (Å²) in [6, 6.07) is 3.58. The van der Waals surface area contributed by atoms with E-state index in [4.69, 9.17) is 16.3 Å². The summed E-state index contributed by atoms with van der Waals surface area (Å²) < 4.78 is 5.54. The molecular formula is C21H26ClNO4. The number of hydrogen-bond acceptors (Lipinski definition) is 4. The Kier molecular flexibility index (Phi) is 5.89. The van der Waals surface area contributed by atoms with E-state index in [-0.39, 0.29) is 42.5 Å². The normalized spacial score (nSPS) is 22.3. The molecule has 0 N–H and O–H groups in total. The first-order chi connectivity index (χ1) is 12.8. The second-order valence-electron chi connectivity index (χ2n) is 7.84. The van der Waals surface area contributed by atoms with Gasteiger partial charge in [-0.05, 0) is 48.9 Å². The van der Waals surface area contributed by atoms with Gasteiger partial charge in [-0.15, -0.1) is 0 Å². The molecule has 0 bridgehead atoms. The molecule has 0 unspecified atom stereocenters. The molecule has 2 amide bonds. The highest BCUT2D eigenvalue weighted by Crippen LogP contribution is 2.38. The summed E-state index contributed by atoms with van der Waals surface area (Å²) in [5.74, 6) is -0.428. The summed E-state index contributed by atoms with van der Waals surface area (Å²) in [7, 11) is 0. The van der Waals surface area contributed by atoms with Gasteiger partial charge in [0.15, 0.2) is 0 Å². The second-order valence-corrected chi connectivity index (χ2v) is 8.25. The van der Waals surface area contributed by atoms with Crippen molar-refractivity contribution in [2.45, 2.75) is 58.8 Å². The number of carbonyl (C=O) groups is 3. The van der Waals surface area contributed by atoms with Crippen LogP contribution in [-0.2, 0) is 14.4 Å². The third-order valence-electron chi connectivity index (χ3n) is 5.61. The highest BCUT2D eigenvalue weighted by Gasteiger charge is 2.47. The first-order valence-electron chi connectivity index (χ1n) is 9.65. The molecule has 0 radical (unpaired) electrons. The number of esters is 1. The van der Waals surface area contributed by atoms with Crippen LogP contribution in [-0.4, -0.2) is 29.2 Å². The Labute approximate surface area is 165 Å². The van der Waals surface area contributed by atoms with Crippen LogP contribution < -0.4 is 4.74 Å². The van der Waals surface area contributed by atoms with Gasteiger partial charge in [0.1, 0.15) is 5.75 Å². The van der Waals surface area contributed by atoms with Crippen LogP contribution in [0.5, 0.6) is 5.75 Å². The summed E-state index contributed by atoms with van der Waals surface area (Å²) in [6.07, 6.45) is 3.53. The van der Waals surface area contributed by atoms with Gasteiger partial charge in [-0.3, -0.25) is 19.3 Å². The summed E-state index contributed by atoms with van der Waals surface area (Å²) in [6.45, 7) is 5.95. The molecular weight excluding hydrogens is 366 g/mol. The van der Waals surface area contributed by atoms with Crippen LogP contribution in [0, 0.1) is 18.8 Å². The SMILES string of the molecule is Cc1cc(OC(=O)CCN2C(=O)[C@H]3CCCC[C@H]3C2=O)c(C(C)C)cc1Cl. The zero-order chi connectivity index (χ0) is 19.7. The van der Waals surface area contributed by atoms with Crippen molar-refractivity contribution < 1.29 is 19.1 Å². The molecule has 2 atom stereocenters. The van der Waals surface area contributed by atoms with E-state index in [1.807, 2.05) is 26.8 Å². The Morgan fingerprint density at radius 3 is 2.33 bits per heavy atom. The number of nitrogens with zero attached hydrogens (tertiary/aromatic N) is 1. The molecule has 5 nitrogen and oxygen atoms in total. The summed E-state index contributed by atoms with van der Waals surface area (Å²) >= 11 is 6.18. The fourth-order valence-electron chi connectivity index (χ4n) is 4.04. The standard InChI is InChI=1S/C21H26ClNO4/c1-12(2)16-11-17(22)13(3)10-18(16)27-19(24)8-9-23-20(25)14-6-4-5-7-15(14)21(23)26/h10-12,14-15H,4-9H2,1-3H3/t14-,15+. The first kappa shape index (κ1) is 19.9. The molecule has 1 saturated heterocycles. The van der Waals surface area contributed by atoms with Gasteiger partial charge in [-0.25, -0.2) is 0 Å². The predicted octanol–water partition coefficient (Wildman–Crippen LogP) is 4.24. The highest BCUT2D eigenvalue weighted by atomic mass is 35.5. The number of benzene rings is 1. The maximum Gasteiger partial charge on any atom is 0.313 e. The Morgan fingerprint density at radius 1 is 1.19 bits per heavy atom. The topological polar surface area (TPSA) is 63.7 Å². The van der Waals surface area contributed by atoms with Crippen LogP contribution in [0.2, 0.25) is 5.02 Å². The molecule has 0 spiro atoms. The molecule has 1 aliphatic carbocycles. The van der Waals surface area contributed by atoms with E-state index < -0.39 is 5.97 Å². The monoisotopic (exact) mass is 391 g/mol. The number of likely N-dealkylation sites (tertiary alicyclic amines) is 1. The van der Waals surface area contributed by atoms with Crippen molar-refractivity contribution in [1.82, 2.24) is 4.90 Å². The number of amides is 2. The van der Waals surface area contributed by atoms with Crippen LogP contribution >= 0.6 is 11.6 Å². The van der Waals surface area contributed by atoms with Crippen molar-refractivity contribution >= 4 is 29.4 Å². The third-order valence-corrected chi connectivity index (χ3v) is 6.02. The van der Waals surface area contributed by atoms with Gasteiger partial charge in [0.25, 0.3) is 0 Å². The van der Waals surface area contributed by atoms with Gasteiger partial charge in [0.05, 0.1) is 18.3 Å². The van der Waals surface area contributed by atoms with E-state index in [1.165, 1.54) is 4.90 Å². The van der Waals surface area contributed by atoms with Gasteiger partial charge in [-0.1, -0.05) is 38.3 Å². The van der Waals surface area contributed by atoms with Gasteiger partial charge >= 0.3 is 5.97 Å². The first-order valence-corrected chi connectivity index (χ1v) is 10.0. The van der Waals surface area contributed by atoms with Crippen LogP contribution in [0.3, 0.4) is 0 Å². The van der Waals surface area contributed by atoms with E-state index >= 15 is 0 Å². The second kappa shape index (κ2) is 8.01. The molecule has 1 aromatic carbocycles. The fourth-order valence-corrected chi connectivity index (χ4v) is 4.21. The van der Waals surface area contributed by atoms with Crippen LogP contribution in [0.25, 0.3) is 0 Å². The van der Waals surface area contributed by atoms with Crippen LogP contribution in [0.4, 0.5) is 0 Å². The number of halogens is 1. The number of aryl methyl sites for hydroxylation is 1. The molecule has 2 fully saturated rings. The van der Waals surface area contributed by atoms with E-state index in [1.54, 1.807) is 6.07 Å². The molecule has 27 heavy (non-hydrogen) atoms. The van der Waals surface area contributed by atoms with Crippen molar-refractivity contribution in [2.24, 2.45) is 11.8 Å². The number of rotatable bonds is 5. The largest absolute Gasteiger partial charge is 0.426 e. The minimum atomic E-state index is -0.450. The molecule has 1 aliphatic heterocycles. The lowest BCUT2D eigenvalue weighted by Gasteiger charge is -2.19. The maximum absolute atomic E-state index is 12.5. The van der Waals surface area contributed by atoms with E-state index in [9.17, 15) is 14.4 Å².